The maximum atomic E-state index is 6.05. The minimum absolute atomic E-state index is 0.611. The summed E-state index contributed by atoms with van der Waals surface area (Å²) >= 11 is 11.9. The van der Waals surface area contributed by atoms with Gasteiger partial charge in [0.15, 0.2) is 0 Å². The Balaban J connectivity index is 2.35. The first kappa shape index (κ1) is 11.3. The number of rotatable bonds is 2. The number of para-hydroxylation sites is 1. The largest absolute Gasteiger partial charge is 0.278 e. The van der Waals surface area contributed by atoms with E-state index in [1.807, 2.05) is 30.3 Å². The number of anilines is 2. The van der Waals surface area contributed by atoms with E-state index in [0.29, 0.717) is 10.0 Å². The van der Waals surface area contributed by atoms with Crippen molar-refractivity contribution in [3.63, 3.8) is 0 Å². The molecule has 82 valence electrons. The molecule has 0 amide bonds. The van der Waals surface area contributed by atoms with E-state index < -0.39 is 0 Å². The fourth-order valence-corrected chi connectivity index (χ4v) is 1.74. The summed E-state index contributed by atoms with van der Waals surface area (Å²) in [7, 11) is 0. The van der Waals surface area contributed by atoms with Crippen molar-refractivity contribution in [3.05, 3.63) is 58.6 Å². The zero-order valence-electron chi connectivity index (χ0n) is 8.40. The molecule has 0 spiro atoms. The Labute approximate surface area is 104 Å². The van der Waals surface area contributed by atoms with E-state index in [1.54, 1.807) is 18.2 Å². The third-order valence-corrected chi connectivity index (χ3v) is 2.79. The summed E-state index contributed by atoms with van der Waals surface area (Å²) in [6.07, 6.45) is 0. The number of benzene rings is 2. The lowest BCUT2D eigenvalue weighted by Crippen LogP contribution is -2.24. The van der Waals surface area contributed by atoms with Crippen molar-refractivity contribution in [3.8, 4) is 0 Å². The van der Waals surface area contributed by atoms with Gasteiger partial charge in [0.25, 0.3) is 0 Å². The second kappa shape index (κ2) is 4.74. The highest BCUT2D eigenvalue weighted by molar-refractivity contribution is 6.33. The molecule has 2 nitrogen and oxygen atoms in total. The van der Waals surface area contributed by atoms with Crippen LogP contribution in [0, 0.1) is 0 Å². The van der Waals surface area contributed by atoms with Crippen molar-refractivity contribution in [2.24, 2.45) is 5.84 Å². The Bertz CT molecular complexity index is 483. The molecule has 0 saturated heterocycles. The number of nitrogens with two attached hydrogens (primary N) is 1. The lowest BCUT2D eigenvalue weighted by atomic mass is 10.2. The number of nitrogens with zero attached hydrogens (tertiary/aromatic N) is 1. The summed E-state index contributed by atoms with van der Waals surface area (Å²) < 4.78 is 0. The smallest absolute Gasteiger partial charge is 0.0761 e. The van der Waals surface area contributed by atoms with Crippen LogP contribution in [0.3, 0.4) is 0 Å². The number of hydrazine groups is 1. The second-order valence-electron chi connectivity index (χ2n) is 3.30. The SMILES string of the molecule is NN(c1ccc(Cl)cc1)c1ccccc1Cl. The Morgan fingerprint density at radius 3 is 2.12 bits per heavy atom. The molecule has 2 rings (SSSR count). The standard InChI is InChI=1S/C12H10Cl2N2/c13-9-5-7-10(8-6-9)16(15)12-4-2-1-3-11(12)14/h1-8H,15H2. The van der Waals surface area contributed by atoms with Crippen LogP contribution in [0.1, 0.15) is 0 Å². The maximum absolute atomic E-state index is 6.05. The third-order valence-electron chi connectivity index (χ3n) is 2.22. The van der Waals surface area contributed by atoms with Gasteiger partial charge in [0.05, 0.1) is 16.4 Å². The van der Waals surface area contributed by atoms with Crippen molar-refractivity contribution in [1.29, 1.82) is 0 Å². The topological polar surface area (TPSA) is 29.3 Å². The number of halogens is 2. The molecule has 0 heterocycles. The second-order valence-corrected chi connectivity index (χ2v) is 4.14. The van der Waals surface area contributed by atoms with E-state index >= 15 is 0 Å². The van der Waals surface area contributed by atoms with Crippen molar-refractivity contribution < 1.29 is 0 Å². The molecule has 0 aliphatic heterocycles. The summed E-state index contributed by atoms with van der Waals surface area (Å²) in [6, 6.07) is 14.7. The summed E-state index contributed by atoms with van der Waals surface area (Å²) in [5, 5.41) is 2.81. The van der Waals surface area contributed by atoms with Crippen LogP contribution in [0.2, 0.25) is 10.0 Å². The molecule has 2 aromatic rings. The molecule has 0 radical (unpaired) electrons. The van der Waals surface area contributed by atoms with E-state index in [0.717, 1.165) is 11.4 Å². The van der Waals surface area contributed by atoms with Crippen molar-refractivity contribution >= 4 is 34.6 Å². The van der Waals surface area contributed by atoms with E-state index in [2.05, 4.69) is 0 Å². The van der Waals surface area contributed by atoms with Gasteiger partial charge in [-0.1, -0.05) is 35.3 Å². The molecule has 2 N–H and O–H groups in total. The summed E-state index contributed by atoms with van der Waals surface area (Å²) in [6.45, 7) is 0. The highest BCUT2D eigenvalue weighted by atomic mass is 35.5. The fourth-order valence-electron chi connectivity index (χ4n) is 1.39. The van der Waals surface area contributed by atoms with Crippen LogP contribution in [-0.2, 0) is 0 Å². The highest BCUT2D eigenvalue weighted by Gasteiger charge is 2.07. The van der Waals surface area contributed by atoms with Gasteiger partial charge >= 0.3 is 0 Å². The molecule has 0 fully saturated rings. The predicted octanol–water partition coefficient (Wildman–Crippen LogP) is 4.01. The minimum atomic E-state index is 0.611. The molecule has 0 saturated carbocycles. The molecule has 4 heteroatoms. The molecule has 0 bridgehead atoms. The lowest BCUT2D eigenvalue weighted by Gasteiger charge is -2.19. The van der Waals surface area contributed by atoms with Gasteiger partial charge in [-0.05, 0) is 36.4 Å². The van der Waals surface area contributed by atoms with E-state index in [4.69, 9.17) is 29.0 Å². The molecule has 0 aliphatic rings. The van der Waals surface area contributed by atoms with Crippen LogP contribution in [0.5, 0.6) is 0 Å². The van der Waals surface area contributed by atoms with Crippen LogP contribution in [0.4, 0.5) is 11.4 Å². The van der Waals surface area contributed by atoms with Gasteiger partial charge in [0, 0.05) is 5.02 Å². The van der Waals surface area contributed by atoms with Crippen LogP contribution in [0.25, 0.3) is 0 Å². The van der Waals surface area contributed by atoms with E-state index in [-0.39, 0.29) is 0 Å². The molecular formula is C12H10Cl2N2. The first-order valence-electron chi connectivity index (χ1n) is 4.73. The average molecular weight is 253 g/mol. The predicted molar refractivity (Wildman–Crippen MR) is 69.2 cm³/mol. The van der Waals surface area contributed by atoms with Crippen LogP contribution >= 0.6 is 23.2 Å². The molecule has 2 aromatic carbocycles. The summed E-state index contributed by atoms with van der Waals surface area (Å²) in [5.41, 5.74) is 1.59. The molecule has 0 aromatic heterocycles. The first-order chi connectivity index (χ1) is 7.68. The Kier molecular flexibility index (Phi) is 3.34. The van der Waals surface area contributed by atoms with Crippen LogP contribution in [0.15, 0.2) is 48.5 Å². The third kappa shape index (κ3) is 2.30. The summed E-state index contributed by atoms with van der Waals surface area (Å²) in [5.74, 6) is 5.97. The van der Waals surface area contributed by atoms with Crippen molar-refractivity contribution in [2.45, 2.75) is 0 Å². The van der Waals surface area contributed by atoms with Gasteiger partial charge in [-0.15, -0.1) is 0 Å². The molecule has 16 heavy (non-hydrogen) atoms. The number of hydrogen-bond acceptors (Lipinski definition) is 2. The van der Waals surface area contributed by atoms with E-state index in [1.165, 1.54) is 5.01 Å². The molecule has 0 aliphatic carbocycles. The highest BCUT2D eigenvalue weighted by Crippen LogP contribution is 2.29. The Morgan fingerprint density at radius 2 is 1.50 bits per heavy atom. The van der Waals surface area contributed by atoms with Crippen molar-refractivity contribution in [2.75, 3.05) is 5.01 Å². The van der Waals surface area contributed by atoms with Gasteiger partial charge in [0.1, 0.15) is 0 Å². The minimum Gasteiger partial charge on any atom is -0.278 e. The first-order valence-corrected chi connectivity index (χ1v) is 5.49. The zero-order valence-corrected chi connectivity index (χ0v) is 9.91. The Hall–Kier alpha value is -1.22. The summed E-state index contributed by atoms with van der Waals surface area (Å²) in [4.78, 5) is 0. The Morgan fingerprint density at radius 1 is 0.875 bits per heavy atom. The van der Waals surface area contributed by atoms with Gasteiger partial charge in [-0.25, -0.2) is 5.84 Å². The lowest BCUT2D eigenvalue weighted by molar-refractivity contribution is 1.09. The normalized spacial score (nSPS) is 10.2. The van der Waals surface area contributed by atoms with E-state index in [9.17, 15) is 0 Å². The molecule has 0 atom stereocenters. The average Bonchev–Trinajstić information content (AvgIpc) is 2.30. The number of hydrogen-bond donors (Lipinski definition) is 1. The quantitative estimate of drug-likeness (QED) is 0.647. The van der Waals surface area contributed by atoms with Gasteiger partial charge in [-0.3, -0.25) is 5.01 Å². The fraction of sp³-hybridized carbons (Fsp3) is 0. The monoisotopic (exact) mass is 252 g/mol. The van der Waals surface area contributed by atoms with Crippen molar-refractivity contribution in [1.82, 2.24) is 0 Å². The maximum Gasteiger partial charge on any atom is 0.0761 e. The molecular weight excluding hydrogens is 243 g/mol. The van der Waals surface area contributed by atoms with Gasteiger partial charge in [-0.2, -0.15) is 0 Å². The van der Waals surface area contributed by atoms with Gasteiger partial charge in [0.2, 0.25) is 0 Å². The van der Waals surface area contributed by atoms with Crippen LogP contribution in [-0.4, -0.2) is 0 Å². The van der Waals surface area contributed by atoms with Crippen LogP contribution < -0.4 is 10.9 Å². The zero-order chi connectivity index (χ0) is 11.5. The molecule has 0 unspecified atom stereocenters. The van der Waals surface area contributed by atoms with Gasteiger partial charge < -0.3 is 0 Å².